The van der Waals surface area contributed by atoms with Gasteiger partial charge in [0.15, 0.2) is 0 Å². The van der Waals surface area contributed by atoms with Crippen LogP contribution in [0.15, 0.2) is 30.4 Å². The second-order valence-corrected chi connectivity index (χ2v) is 5.26. The van der Waals surface area contributed by atoms with Gasteiger partial charge in [-0.25, -0.2) is 4.39 Å². The van der Waals surface area contributed by atoms with Gasteiger partial charge in [0, 0.05) is 9.49 Å². The molecule has 0 spiro atoms. The molecular weight excluding hydrogens is 332 g/mol. The number of allylic oxidation sites excluding steroid dienone is 2. The number of hydrogen-bond acceptors (Lipinski definition) is 1. The van der Waals surface area contributed by atoms with Gasteiger partial charge in [-0.05, 0) is 60.1 Å². The van der Waals surface area contributed by atoms with Crippen molar-refractivity contribution in [2.75, 3.05) is 5.32 Å². The molecule has 0 saturated carbocycles. The van der Waals surface area contributed by atoms with Crippen LogP contribution in [0.1, 0.15) is 19.3 Å². The van der Waals surface area contributed by atoms with Gasteiger partial charge in [-0.15, -0.1) is 0 Å². The summed E-state index contributed by atoms with van der Waals surface area (Å²) < 4.78 is 13.6. The van der Waals surface area contributed by atoms with Crippen LogP contribution >= 0.6 is 22.6 Å². The van der Waals surface area contributed by atoms with Crippen molar-refractivity contribution in [2.45, 2.75) is 19.3 Å². The molecule has 0 aromatic heterocycles. The molecule has 1 unspecified atom stereocenters. The number of rotatable bonds is 2. The Kier molecular flexibility index (Phi) is 4.15. The fourth-order valence-corrected chi connectivity index (χ4v) is 2.47. The lowest BCUT2D eigenvalue weighted by Crippen LogP contribution is -2.23. The van der Waals surface area contributed by atoms with E-state index in [1.54, 1.807) is 6.07 Å². The number of anilines is 1. The van der Waals surface area contributed by atoms with E-state index >= 15 is 0 Å². The third-order valence-electron chi connectivity index (χ3n) is 2.83. The summed E-state index contributed by atoms with van der Waals surface area (Å²) in [6, 6.07) is 4.38. The van der Waals surface area contributed by atoms with Crippen LogP contribution in [0.3, 0.4) is 0 Å². The van der Waals surface area contributed by atoms with Gasteiger partial charge >= 0.3 is 0 Å². The predicted octanol–water partition coefficient (Wildman–Crippen LogP) is 3.73. The predicted molar refractivity (Wildman–Crippen MR) is 74.2 cm³/mol. The first-order valence-corrected chi connectivity index (χ1v) is 6.65. The van der Waals surface area contributed by atoms with Gasteiger partial charge in [-0.1, -0.05) is 12.2 Å². The molecule has 2 rings (SSSR count). The van der Waals surface area contributed by atoms with Crippen LogP contribution in [0.2, 0.25) is 0 Å². The van der Waals surface area contributed by atoms with Crippen LogP contribution in [-0.4, -0.2) is 5.91 Å². The summed E-state index contributed by atoms with van der Waals surface area (Å²) in [5, 5.41) is 2.86. The number of benzene rings is 1. The maximum absolute atomic E-state index is 12.9. The lowest BCUT2D eigenvalue weighted by Gasteiger charge is -2.17. The van der Waals surface area contributed by atoms with Crippen molar-refractivity contribution in [3.8, 4) is 0 Å². The third-order valence-corrected chi connectivity index (χ3v) is 3.72. The average molecular weight is 345 g/mol. The van der Waals surface area contributed by atoms with Gasteiger partial charge in [-0.2, -0.15) is 0 Å². The second kappa shape index (κ2) is 5.62. The van der Waals surface area contributed by atoms with Crippen molar-refractivity contribution in [1.29, 1.82) is 0 Å². The Balaban J connectivity index is 2.05. The van der Waals surface area contributed by atoms with Gasteiger partial charge in [0.25, 0.3) is 0 Å². The molecule has 0 saturated heterocycles. The highest BCUT2D eigenvalue weighted by molar-refractivity contribution is 14.1. The third kappa shape index (κ3) is 3.28. The molecule has 0 heterocycles. The SMILES string of the molecule is O=C(Nc1ccc(F)cc1I)C1CC=CCC1. The summed E-state index contributed by atoms with van der Waals surface area (Å²) in [4.78, 5) is 12.0. The molecule has 0 radical (unpaired) electrons. The van der Waals surface area contributed by atoms with Crippen molar-refractivity contribution in [1.82, 2.24) is 0 Å². The Morgan fingerprint density at radius 1 is 1.41 bits per heavy atom. The van der Waals surface area contributed by atoms with E-state index in [4.69, 9.17) is 0 Å². The van der Waals surface area contributed by atoms with E-state index < -0.39 is 0 Å². The molecule has 0 bridgehead atoms. The Labute approximate surface area is 113 Å². The summed E-state index contributed by atoms with van der Waals surface area (Å²) in [5.41, 5.74) is 0.687. The summed E-state index contributed by atoms with van der Waals surface area (Å²) in [7, 11) is 0. The quantitative estimate of drug-likeness (QED) is 0.642. The number of nitrogens with one attached hydrogen (secondary N) is 1. The molecule has 0 fully saturated rings. The standard InChI is InChI=1S/C13H13FINO/c14-10-6-7-12(11(15)8-10)16-13(17)9-4-2-1-3-5-9/h1-2,6-9H,3-5H2,(H,16,17). The Hall–Kier alpha value is -0.910. The monoisotopic (exact) mass is 345 g/mol. The maximum atomic E-state index is 12.9. The molecule has 1 N–H and O–H groups in total. The molecule has 0 aliphatic heterocycles. The van der Waals surface area contributed by atoms with E-state index in [0.717, 1.165) is 22.8 Å². The van der Waals surface area contributed by atoms with E-state index in [2.05, 4.69) is 11.4 Å². The molecule has 17 heavy (non-hydrogen) atoms. The normalized spacial score (nSPS) is 19.1. The van der Waals surface area contributed by atoms with Crippen LogP contribution in [0.5, 0.6) is 0 Å². The van der Waals surface area contributed by atoms with Crippen molar-refractivity contribution >= 4 is 34.2 Å². The summed E-state index contributed by atoms with van der Waals surface area (Å²) in [6.45, 7) is 0. The molecular formula is C13H13FINO. The molecule has 2 nitrogen and oxygen atoms in total. The topological polar surface area (TPSA) is 29.1 Å². The summed E-state index contributed by atoms with van der Waals surface area (Å²) in [5.74, 6) is -0.215. The zero-order valence-corrected chi connectivity index (χ0v) is 11.4. The minimum Gasteiger partial charge on any atom is -0.325 e. The number of halogens is 2. The van der Waals surface area contributed by atoms with E-state index in [9.17, 15) is 9.18 Å². The fraction of sp³-hybridized carbons (Fsp3) is 0.308. The van der Waals surface area contributed by atoms with E-state index in [-0.39, 0.29) is 17.6 Å². The average Bonchev–Trinajstić information content (AvgIpc) is 2.34. The van der Waals surface area contributed by atoms with Crippen LogP contribution in [0.4, 0.5) is 10.1 Å². The van der Waals surface area contributed by atoms with E-state index in [1.807, 2.05) is 28.7 Å². The highest BCUT2D eigenvalue weighted by Crippen LogP contribution is 2.23. The molecule has 1 aliphatic carbocycles. The van der Waals surface area contributed by atoms with Crippen molar-refractivity contribution < 1.29 is 9.18 Å². The smallest absolute Gasteiger partial charge is 0.227 e. The van der Waals surface area contributed by atoms with Crippen molar-refractivity contribution in [3.05, 3.63) is 39.7 Å². The van der Waals surface area contributed by atoms with Gasteiger partial charge in [-0.3, -0.25) is 4.79 Å². The molecule has 90 valence electrons. The van der Waals surface area contributed by atoms with Crippen LogP contribution in [0.25, 0.3) is 0 Å². The van der Waals surface area contributed by atoms with Crippen LogP contribution < -0.4 is 5.32 Å². The maximum Gasteiger partial charge on any atom is 0.227 e. The van der Waals surface area contributed by atoms with Crippen LogP contribution in [-0.2, 0) is 4.79 Å². The molecule has 1 atom stereocenters. The largest absolute Gasteiger partial charge is 0.325 e. The molecule has 4 heteroatoms. The highest BCUT2D eigenvalue weighted by Gasteiger charge is 2.19. The number of hydrogen-bond donors (Lipinski definition) is 1. The zero-order valence-electron chi connectivity index (χ0n) is 9.25. The highest BCUT2D eigenvalue weighted by atomic mass is 127. The number of carbonyl (C=O) groups is 1. The second-order valence-electron chi connectivity index (χ2n) is 4.09. The summed E-state index contributed by atoms with van der Waals surface area (Å²) >= 11 is 2.02. The van der Waals surface area contributed by atoms with Gasteiger partial charge in [0.1, 0.15) is 5.82 Å². The minimum atomic E-state index is -0.284. The van der Waals surface area contributed by atoms with E-state index in [1.165, 1.54) is 12.1 Å². The van der Waals surface area contributed by atoms with Gasteiger partial charge in [0.05, 0.1) is 5.69 Å². The number of amides is 1. The Morgan fingerprint density at radius 2 is 2.24 bits per heavy atom. The molecule has 1 aliphatic rings. The van der Waals surface area contributed by atoms with Crippen LogP contribution in [0, 0.1) is 15.3 Å². The lowest BCUT2D eigenvalue weighted by atomic mass is 9.93. The Morgan fingerprint density at radius 3 is 2.88 bits per heavy atom. The zero-order chi connectivity index (χ0) is 12.3. The number of carbonyl (C=O) groups excluding carboxylic acids is 1. The molecule has 1 amide bonds. The van der Waals surface area contributed by atoms with Gasteiger partial charge < -0.3 is 5.32 Å². The molecule has 1 aromatic rings. The van der Waals surface area contributed by atoms with Crippen molar-refractivity contribution in [2.24, 2.45) is 5.92 Å². The van der Waals surface area contributed by atoms with Gasteiger partial charge in [0.2, 0.25) is 5.91 Å². The minimum absolute atomic E-state index is 0.0267. The lowest BCUT2D eigenvalue weighted by molar-refractivity contribution is -0.120. The fourth-order valence-electron chi connectivity index (χ4n) is 1.86. The Bertz CT molecular complexity index is 459. The van der Waals surface area contributed by atoms with Crippen molar-refractivity contribution in [3.63, 3.8) is 0 Å². The first-order valence-electron chi connectivity index (χ1n) is 5.58. The summed E-state index contributed by atoms with van der Waals surface area (Å²) in [6.07, 6.45) is 6.79. The molecule has 1 aromatic carbocycles. The van der Waals surface area contributed by atoms with E-state index in [0.29, 0.717) is 5.69 Å². The first kappa shape index (κ1) is 12.5. The first-order chi connectivity index (χ1) is 8.16.